The molecule has 26 heavy (non-hydrogen) atoms. The van der Waals surface area contributed by atoms with Crippen LogP contribution in [0.1, 0.15) is 12.0 Å². The number of benzene rings is 2. The van der Waals surface area contributed by atoms with Crippen LogP contribution in [0.4, 0.5) is 0 Å². The lowest BCUT2D eigenvalue weighted by molar-refractivity contribution is 0.360. The molecule has 0 heterocycles. The molecule has 0 saturated heterocycles. The molecule has 2 aromatic rings. The average molecular weight is 401 g/mol. The molecule has 0 amide bonds. The number of hydrogen-bond donors (Lipinski definition) is 1. The molecule has 0 saturated carbocycles. The van der Waals surface area contributed by atoms with Crippen molar-refractivity contribution in [2.24, 2.45) is 5.73 Å². The molecule has 0 atom stereocenters. The highest BCUT2D eigenvalue weighted by Gasteiger charge is 2.31. The first-order valence-corrected chi connectivity index (χ1v) is 9.43. The summed E-state index contributed by atoms with van der Waals surface area (Å²) in [5.41, 5.74) is 6.49. The van der Waals surface area contributed by atoms with Crippen LogP contribution in [-0.4, -0.2) is 40.0 Å². The Bertz CT molecular complexity index is 763. The van der Waals surface area contributed by atoms with E-state index in [0.717, 1.165) is 5.56 Å². The van der Waals surface area contributed by atoms with E-state index in [1.54, 1.807) is 18.2 Å². The SMILES string of the molecule is COc1cccc(OC)c1S(=O)(=O)N(CCCN)Cc1ccccc1.Cl. The van der Waals surface area contributed by atoms with Gasteiger partial charge in [0.15, 0.2) is 4.90 Å². The van der Waals surface area contributed by atoms with E-state index < -0.39 is 10.0 Å². The molecule has 8 heteroatoms. The van der Waals surface area contributed by atoms with Gasteiger partial charge in [-0.1, -0.05) is 36.4 Å². The second-order valence-electron chi connectivity index (χ2n) is 5.46. The van der Waals surface area contributed by atoms with E-state index in [2.05, 4.69) is 0 Å². The number of hydrogen-bond acceptors (Lipinski definition) is 5. The van der Waals surface area contributed by atoms with Gasteiger partial charge in [0.05, 0.1) is 14.2 Å². The summed E-state index contributed by atoms with van der Waals surface area (Å²) in [5, 5.41) is 0. The summed E-state index contributed by atoms with van der Waals surface area (Å²) in [7, 11) is -0.950. The van der Waals surface area contributed by atoms with Crippen LogP contribution in [-0.2, 0) is 16.6 Å². The van der Waals surface area contributed by atoms with E-state index in [0.29, 0.717) is 19.5 Å². The van der Waals surface area contributed by atoms with Gasteiger partial charge in [0.2, 0.25) is 0 Å². The fourth-order valence-electron chi connectivity index (χ4n) is 2.54. The monoisotopic (exact) mass is 400 g/mol. The predicted octanol–water partition coefficient (Wildman–Crippen LogP) is 2.67. The number of halogens is 1. The van der Waals surface area contributed by atoms with Crippen LogP contribution < -0.4 is 15.2 Å². The maximum atomic E-state index is 13.3. The van der Waals surface area contributed by atoms with Crippen molar-refractivity contribution in [3.63, 3.8) is 0 Å². The lowest BCUT2D eigenvalue weighted by atomic mass is 10.2. The highest BCUT2D eigenvalue weighted by Crippen LogP contribution is 2.35. The van der Waals surface area contributed by atoms with Crippen molar-refractivity contribution in [2.45, 2.75) is 17.9 Å². The molecule has 2 aromatic carbocycles. The summed E-state index contributed by atoms with van der Waals surface area (Å²) < 4.78 is 38.6. The Labute approximate surface area is 161 Å². The number of nitrogens with zero attached hydrogens (tertiary/aromatic N) is 1. The highest BCUT2D eigenvalue weighted by molar-refractivity contribution is 7.89. The van der Waals surface area contributed by atoms with Gasteiger partial charge in [0.1, 0.15) is 11.5 Å². The zero-order chi connectivity index (χ0) is 18.3. The molecule has 0 fully saturated rings. The second kappa shape index (κ2) is 10.4. The van der Waals surface area contributed by atoms with Crippen LogP contribution in [0.5, 0.6) is 11.5 Å². The Balaban J connectivity index is 0.00000338. The van der Waals surface area contributed by atoms with Gasteiger partial charge >= 0.3 is 0 Å². The van der Waals surface area contributed by atoms with E-state index >= 15 is 0 Å². The average Bonchev–Trinajstić information content (AvgIpc) is 2.64. The number of rotatable bonds is 9. The third-order valence-corrected chi connectivity index (χ3v) is 5.70. The summed E-state index contributed by atoms with van der Waals surface area (Å²) in [6.45, 7) is 0.975. The first-order valence-electron chi connectivity index (χ1n) is 7.99. The quantitative estimate of drug-likeness (QED) is 0.699. The first-order chi connectivity index (χ1) is 12.0. The maximum absolute atomic E-state index is 13.3. The van der Waals surface area contributed by atoms with E-state index in [4.69, 9.17) is 15.2 Å². The van der Waals surface area contributed by atoms with Gasteiger partial charge in [0.25, 0.3) is 10.0 Å². The van der Waals surface area contributed by atoms with Gasteiger partial charge in [-0.15, -0.1) is 12.4 Å². The second-order valence-corrected chi connectivity index (χ2v) is 7.33. The summed E-state index contributed by atoms with van der Waals surface area (Å²) in [4.78, 5) is 0.0351. The van der Waals surface area contributed by atoms with Gasteiger partial charge in [0, 0.05) is 13.1 Å². The third kappa shape index (κ3) is 5.11. The fraction of sp³-hybridized carbons (Fsp3) is 0.333. The van der Waals surface area contributed by atoms with Crippen LogP contribution in [0.15, 0.2) is 53.4 Å². The minimum Gasteiger partial charge on any atom is -0.495 e. The molecule has 144 valence electrons. The zero-order valence-corrected chi connectivity index (χ0v) is 16.6. The first kappa shape index (κ1) is 22.2. The molecular weight excluding hydrogens is 376 g/mol. The third-order valence-electron chi connectivity index (χ3n) is 3.79. The van der Waals surface area contributed by atoms with Crippen LogP contribution in [0.3, 0.4) is 0 Å². The van der Waals surface area contributed by atoms with Crippen molar-refractivity contribution in [3.8, 4) is 11.5 Å². The molecule has 0 bridgehead atoms. The van der Waals surface area contributed by atoms with Gasteiger partial charge in [-0.25, -0.2) is 8.42 Å². The van der Waals surface area contributed by atoms with Gasteiger partial charge in [-0.05, 0) is 30.7 Å². The van der Waals surface area contributed by atoms with Crippen LogP contribution in [0.2, 0.25) is 0 Å². The van der Waals surface area contributed by atoms with Gasteiger partial charge in [-0.3, -0.25) is 0 Å². The van der Waals surface area contributed by atoms with Crippen molar-refractivity contribution >= 4 is 22.4 Å². The normalized spacial score (nSPS) is 11.1. The summed E-state index contributed by atoms with van der Waals surface area (Å²) in [6.07, 6.45) is 0.559. The topological polar surface area (TPSA) is 81.9 Å². The molecule has 2 N–H and O–H groups in total. The molecule has 2 rings (SSSR count). The van der Waals surface area contributed by atoms with Crippen molar-refractivity contribution in [1.29, 1.82) is 0 Å². The van der Waals surface area contributed by atoms with Gasteiger partial charge < -0.3 is 15.2 Å². The van der Waals surface area contributed by atoms with Crippen LogP contribution >= 0.6 is 12.4 Å². The number of methoxy groups -OCH3 is 2. The summed E-state index contributed by atoms with van der Waals surface area (Å²) in [5.74, 6) is 0.510. The number of sulfonamides is 1. The standard InChI is InChI=1S/C18H24N2O4S.ClH/c1-23-16-10-6-11-17(24-2)18(16)25(21,22)20(13-7-12-19)14-15-8-4-3-5-9-15;/h3-6,8-11H,7,12-14,19H2,1-2H3;1H. The minimum absolute atomic E-state index is 0. The van der Waals surface area contributed by atoms with E-state index in [1.165, 1.54) is 18.5 Å². The molecule has 0 aliphatic heterocycles. The van der Waals surface area contributed by atoms with Crippen molar-refractivity contribution in [1.82, 2.24) is 4.31 Å². The Morgan fingerprint density at radius 1 is 0.962 bits per heavy atom. The Hall–Kier alpha value is -1.80. The largest absolute Gasteiger partial charge is 0.495 e. The molecule has 0 aliphatic rings. The molecule has 0 aliphatic carbocycles. The molecular formula is C18H25ClN2O4S. The maximum Gasteiger partial charge on any atom is 0.250 e. The summed E-state index contributed by atoms with van der Waals surface area (Å²) >= 11 is 0. The molecule has 0 radical (unpaired) electrons. The zero-order valence-electron chi connectivity index (χ0n) is 14.9. The molecule has 0 aromatic heterocycles. The summed E-state index contributed by atoms with van der Waals surface area (Å²) in [6, 6.07) is 14.4. The Morgan fingerprint density at radius 2 is 1.54 bits per heavy atom. The van der Waals surface area contributed by atoms with Gasteiger partial charge in [-0.2, -0.15) is 4.31 Å². The number of ether oxygens (including phenoxy) is 2. The fourth-order valence-corrected chi connectivity index (χ4v) is 4.30. The van der Waals surface area contributed by atoms with Crippen LogP contribution in [0.25, 0.3) is 0 Å². The lowest BCUT2D eigenvalue weighted by Crippen LogP contribution is -2.33. The molecule has 0 spiro atoms. The van der Waals surface area contributed by atoms with Crippen molar-refractivity contribution < 1.29 is 17.9 Å². The van der Waals surface area contributed by atoms with E-state index in [1.807, 2.05) is 30.3 Å². The van der Waals surface area contributed by atoms with Crippen molar-refractivity contribution in [3.05, 3.63) is 54.1 Å². The minimum atomic E-state index is -3.83. The Morgan fingerprint density at radius 3 is 2.04 bits per heavy atom. The van der Waals surface area contributed by atoms with E-state index in [9.17, 15) is 8.42 Å². The smallest absolute Gasteiger partial charge is 0.250 e. The predicted molar refractivity (Wildman–Crippen MR) is 105 cm³/mol. The molecule has 6 nitrogen and oxygen atoms in total. The Kier molecular flexibility index (Phi) is 8.87. The molecule has 0 unspecified atom stereocenters. The highest BCUT2D eigenvalue weighted by atomic mass is 35.5. The number of nitrogens with two attached hydrogens (primary N) is 1. The van der Waals surface area contributed by atoms with Crippen molar-refractivity contribution in [2.75, 3.05) is 27.3 Å². The lowest BCUT2D eigenvalue weighted by Gasteiger charge is -2.24. The van der Waals surface area contributed by atoms with E-state index in [-0.39, 0.29) is 35.3 Å². The van der Waals surface area contributed by atoms with Crippen LogP contribution in [0, 0.1) is 0 Å².